The molecule has 1 aromatic rings. The molecule has 96 valence electrons. The van der Waals surface area contributed by atoms with E-state index in [0.29, 0.717) is 0 Å². The standard InChI is InChI=1S/C9H12N2O6.Hg/c12-3-4-6(14)7(15)8(17-4)11-2-1-5(13)10-9(11)16;/h1-2,4,6-8,12,14-15H,3H2,(H,10,13,16);/t4-,6-,7-,8-;/m1./s1. The van der Waals surface area contributed by atoms with Crippen molar-refractivity contribution in [2.24, 2.45) is 0 Å². The smallest absolute Gasteiger partial charge is 0.330 e. The van der Waals surface area contributed by atoms with Gasteiger partial charge in [-0.2, -0.15) is 0 Å². The van der Waals surface area contributed by atoms with Gasteiger partial charge in [-0.3, -0.25) is 14.3 Å². The van der Waals surface area contributed by atoms with Crippen molar-refractivity contribution >= 4 is 0 Å². The summed E-state index contributed by atoms with van der Waals surface area (Å²) in [5, 5.41) is 28.1. The molecular formula is C9H12HgN2O6. The van der Waals surface area contributed by atoms with Crippen LogP contribution >= 0.6 is 0 Å². The van der Waals surface area contributed by atoms with Crippen LogP contribution < -0.4 is 11.2 Å². The van der Waals surface area contributed by atoms with Crippen LogP contribution in [0.5, 0.6) is 0 Å². The van der Waals surface area contributed by atoms with Gasteiger partial charge in [0.05, 0.1) is 6.61 Å². The largest absolute Gasteiger partial charge is 0.394 e. The van der Waals surface area contributed by atoms with Gasteiger partial charge in [0.15, 0.2) is 6.23 Å². The van der Waals surface area contributed by atoms with Crippen LogP contribution in [-0.2, 0) is 32.4 Å². The maximum absolute atomic E-state index is 11.4. The molecule has 0 bridgehead atoms. The zero-order valence-corrected chi connectivity index (χ0v) is 14.9. The molecule has 0 saturated carbocycles. The van der Waals surface area contributed by atoms with E-state index in [1.54, 1.807) is 0 Å². The van der Waals surface area contributed by atoms with Gasteiger partial charge in [0, 0.05) is 39.9 Å². The Morgan fingerprint density at radius 3 is 2.50 bits per heavy atom. The number of aliphatic hydroxyl groups is 3. The molecule has 0 amide bonds. The molecule has 4 N–H and O–H groups in total. The molecule has 4 atom stereocenters. The summed E-state index contributed by atoms with van der Waals surface area (Å²) >= 11 is 0. The number of ether oxygens (including phenoxy) is 1. The monoisotopic (exact) mass is 446 g/mol. The van der Waals surface area contributed by atoms with E-state index in [2.05, 4.69) is 0 Å². The quantitative estimate of drug-likeness (QED) is 0.364. The minimum absolute atomic E-state index is 0. The molecule has 0 unspecified atom stereocenters. The molecule has 0 aliphatic carbocycles. The summed E-state index contributed by atoms with van der Waals surface area (Å²) in [4.78, 5) is 24.3. The van der Waals surface area contributed by atoms with Gasteiger partial charge in [-0.25, -0.2) is 4.79 Å². The molecule has 1 aliphatic heterocycles. The third-order valence-corrected chi connectivity index (χ3v) is 2.64. The van der Waals surface area contributed by atoms with Crippen molar-refractivity contribution in [3.63, 3.8) is 0 Å². The molecule has 0 radical (unpaired) electrons. The number of nitrogens with one attached hydrogen (secondary N) is 1. The molecule has 1 aliphatic rings. The summed E-state index contributed by atoms with van der Waals surface area (Å²) in [6.07, 6.45) is -3.58. The third-order valence-electron chi connectivity index (χ3n) is 2.64. The molecule has 1 saturated heterocycles. The second-order valence-corrected chi connectivity index (χ2v) is 3.75. The van der Waals surface area contributed by atoms with E-state index in [0.717, 1.165) is 16.8 Å². The first-order chi connectivity index (χ1) is 8.04. The first kappa shape index (κ1) is 15.5. The fourth-order valence-electron chi connectivity index (χ4n) is 1.74. The molecule has 9 heteroatoms. The van der Waals surface area contributed by atoms with E-state index in [1.807, 2.05) is 4.98 Å². The summed E-state index contributed by atoms with van der Waals surface area (Å²) in [6.45, 7) is -0.479. The van der Waals surface area contributed by atoms with E-state index in [-0.39, 0.29) is 27.7 Å². The van der Waals surface area contributed by atoms with Crippen LogP contribution in [0.15, 0.2) is 21.9 Å². The number of rotatable bonds is 2. The Morgan fingerprint density at radius 1 is 1.33 bits per heavy atom. The minimum atomic E-state index is -1.35. The van der Waals surface area contributed by atoms with Crippen LogP contribution in [0, 0.1) is 0 Å². The molecule has 8 nitrogen and oxygen atoms in total. The fourth-order valence-corrected chi connectivity index (χ4v) is 1.74. The van der Waals surface area contributed by atoms with Crippen molar-refractivity contribution in [1.82, 2.24) is 9.55 Å². The maximum Gasteiger partial charge on any atom is 0.330 e. The van der Waals surface area contributed by atoms with E-state index in [9.17, 15) is 19.8 Å². The summed E-state index contributed by atoms with van der Waals surface area (Å²) in [5.74, 6) is 0. The molecule has 0 aromatic carbocycles. The van der Waals surface area contributed by atoms with E-state index in [1.165, 1.54) is 0 Å². The Labute approximate surface area is 121 Å². The Hall–Kier alpha value is -0.545. The van der Waals surface area contributed by atoms with Crippen molar-refractivity contribution in [3.8, 4) is 0 Å². The molecule has 1 aromatic heterocycles. The summed E-state index contributed by atoms with van der Waals surface area (Å²) in [5.41, 5.74) is -1.33. The SMILES string of the molecule is O=c1ccn([C@@H]2O[C@H](CO)[C@@H](O)[C@H]2O)c(=O)[nH]1.[Hg]. The molecular weight excluding hydrogens is 433 g/mol. The van der Waals surface area contributed by atoms with Gasteiger partial charge in [0.1, 0.15) is 18.3 Å². The van der Waals surface area contributed by atoms with Crippen LogP contribution in [0.2, 0.25) is 0 Å². The Balaban J connectivity index is 0.00000162. The molecule has 1 fully saturated rings. The van der Waals surface area contributed by atoms with Gasteiger partial charge in [-0.05, 0) is 0 Å². The van der Waals surface area contributed by atoms with Crippen molar-refractivity contribution in [2.45, 2.75) is 24.5 Å². The van der Waals surface area contributed by atoms with Crippen molar-refractivity contribution in [3.05, 3.63) is 33.1 Å². The van der Waals surface area contributed by atoms with Crippen molar-refractivity contribution in [2.75, 3.05) is 6.61 Å². The predicted molar refractivity (Wildman–Crippen MR) is 54.3 cm³/mol. The average molecular weight is 445 g/mol. The molecule has 0 spiro atoms. The zero-order chi connectivity index (χ0) is 12.6. The number of nitrogens with zero attached hydrogens (tertiary/aromatic N) is 1. The van der Waals surface area contributed by atoms with Crippen LogP contribution in [0.1, 0.15) is 6.23 Å². The van der Waals surface area contributed by atoms with Gasteiger partial charge >= 0.3 is 5.69 Å². The number of aliphatic hydroxyl groups excluding tert-OH is 3. The zero-order valence-electron chi connectivity index (χ0n) is 9.39. The number of hydrogen-bond acceptors (Lipinski definition) is 6. The van der Waals surface area contributed by atoms with Crippen LogP contribution in [0.25, 0.3) is 0 Å². The van der Waals surface area contributed by atoms with Gasteiger partial charge in [-0.15, -0.1) is 0 Å². The maximum atomic E-state index is 11.4. The van der Waals surface area contributed by atoms with Gasteiger partial charge in [0.25, 0.3) is 5.56 Å². The number of aromatic nitrogens is 2. The fraction of sp³-hybridized carbons (Fsp3) is 0.556. The number of H-pyrrole nitrogens is 1. The predicted octanol–water partition coefficient (Wildman–Crippen LogP) is -2.85. The van der Waals surface area contributed by atoms with E-state index < -0.39 is 42.4 Å². The van der Waals surface area contributed by atoms with Crippen LogP contribution in [0.3, 0.4) is 0 Å². The van der Waals surface area contributed by atoms with E-state index >= 15 is 0 Å². The Kier molecular flexibility index (Phi) is 5.23. The third kappa shape index (κ3) is 2.72. The summed E-state index contributed by atoms with van der Waals surface area (Å²) in [7, 11) is 0. The topological polar surface area (TPSA) is 125 Å². The van der Waals surface area contributed by atoms with Crippen molar-refractivity contribution < 1.29 is 47.7 Å². The Morgan fingerprint density at radius 2 is 2.00 bits per heavy atom. The number of aromatic amines is 1. The van der Waals surface area contributed by atoms with Gasteiger partial charge < -0.3 is 20.1 Å². The first-order valence-electron chi connectivity index (χ1n) is 4.98. The van der Waals surface area contributed by atoms with Crippen LogP contribution in [-0.4, -0.2) is 49.8 Å². The summed E-state index contributed by atoms with van der Waals surface area (Å²) in [6, 6.07) is 1.09. The second-order valence-electron chi connectivity index (χ2n) is 3.75. The minimum Gasteiger partial charge on any atom is -0.394 e. The normalized spacial score (nSPS) is 31.1. The number of hydrogen-bond donors (Lipinski definition) is 4. The molecule has 18 heavy (non-hydrogen) atoms. The molecule has 2 rings (SSSR count). The first-order valence-corrected chi connectivity index (χ1v) is 4.98. The summed E-state index contributed by atoms with van der Waals surface area (Å²) < 4.78 is 6.08. The average Bonchev–Trinajstić information content (AvgIpc) is 2.57. The van der Waals surface area contributed by atoms with Crippen LogP contribution in [0.4, 0.5) is 0 Å². The Bertz CT molecular complexity index is 514. The van der Waals surface area contributed by atoms with Gasteiger partial charge in [0.2, 0.25) is 0 Å². The van der Waals surface area contributed by atoms with Gasteiger partial charge in [-0.1, -0.05) is 0 Å². The van der Waals surface area contributed by atoms with Crippen molar-refractivity contribution in [1.29, 1.82) is 0 Å². The van der Waals surface area contributed by atoms with E-state index in [4.69, 9.17) is 9.84 Å². The molecule has 2 heterocycles. The second kappa shape index (κ2) is 6.07.